The van der Waals surface area contributed by atoms with Crippen LogP contribution >= 0.6 is 0 Å². The Balaban J connectivity index is 1.70. The lowest BCUT2D eigenvalue weighted by Crippen LogP contribution is -2.32. The zero-order valence-electron chi connectivity index (χ0n) is 20.5. The summed E-state index contributed by atoms with van der Waals surface area (Å²) in [5.74, 6) is 0. The van der Waals surface area contributed by atoms with Gasteiger partial charge in [0.2, 0.25) is 0 Å². The van der Waals surface area contributed by atoms with E-state index in [-0.39, 0.29) is 5.56 Å². The average Bonchev–Trinajstić information content (AvgIpc) is 2.77. The van der Waals surface area contributed by atoms with Crippen molar-refractivity contribution in [2.45, 2.75) is 66.2 Å². The second-order valence-electron chi connectivity index (χ2n) is 9.06. The average molecular weight is 468 g/mol. The van der Waals surface area contributed by atoms with Crippen LogP contribution in [-0.4, -0.2) is 33.0 Å². The Kier molecular flexibility index (Phi) is 8.09. The summed E-state index contributed by atoms with van der Waals surface area (Å²) >= 11 is 0. The molecule has 0 saturated carbocycles. The van der Waals surface area contributed by atoms with Crippen molar-refractivity contribution in [3.8, 4) is 0 Å². The molecule has 0 aliphatic heterocycles. The summed E-state index contributed by atoms with van der Waals surface area (Å²) in [6, 6.07) is 9.35. The Morgan fingerprint density at radius 3 is 2.41 bits per heavy atom. The van der Waals surface area contributed by atoms with Crippen LogP contribution in [0.4, 0.5) is 10.5 Å². The fourth-order valence-electron chi connectivity index (χ4n) is 3.31. The second-order valence-corrected chi connectivity index (χ2v) is 9.06. The number of carbonyl (C=O) groups excluding carboxylic acids is 1. The van der Waals surface area contributed by atoms with Crippen LogP contribution in [0.15, 0.2) is 41.5 Å². The fraction of sp³-hybridized carbons (Fsp3) is 0.440. The second kappa shape index (κ2) is 11.0. The molecule has 0 saturated heterocycles. The summed E-state index contributed by atoms with van der Waals surface area (Å²) in [5, 5.41) is 6.83. The van der Waals surface area contributed by atoms with E-state index in [0.717, 1.165) is 35.0 Å². The quantitative estimate of drug-likeness (QED) is 0.459. The number of hydrogen-bond acceptors (Lipinski definition) is 7. The zero-order valence-corrected chi connectivity index (χ0v) is 20.5. The van der Waals surface area contributed by atoms with Crippen LogP contribution in [0.1, 0.15) is 57.4 Å². The van der Waals surface area contributed by atoms with E-state index in [4.69, 9.17) is 9.57 Å². The highest BCUT2D eigenvalue weighted by molar-refractivity contribution is 5.90. The summed E-state index contributed by atoms with van der Waals surface area (Å²) in [6.45, 7) is 10.7. The molecule has 3 aromatic rings. The minimum absolute atomic E-state index is 0.284. The smallest absolute Gasteiger partial charge is 0.407 e. The minimum atomic E-state index is -0.532. The molecular formula is C25H33N5O4. The van der Waals surface area contributed by atoms with E-state index >= 15 is 0 Å². The maximum Gasteiger partial charge on any atom is 0.407 e. The standard InChI is InChI=1S/C25H33N5O4/c1-6-7-12-33-30-21(31)13-20(22-17(2)28-16-29-23(22)30)26-14-18-8-10-19(11-9-18)15-27-24(32)34-25(3,4)5/h8-11,13,16,26H,6-7,12,14-15H2,1-5H3,(H,27,32). The van der Waals surface area contributed by atoms with Gasteiger partial charge in [-0.3, -0.25) is 4.79 Å². The number of ether oxygens (including phenoxy) is 1. The lowest BCUT2D eigenvalue weighted by atomic mass is 10.1. The third kappa shape index (κ3) is 6.69. The first-order valence-electron chi connectivity index (χ1n) is 11.5. The predicted molar refractivity (Wildman–Crippen MR) is 132 cm³/mol. The van der Waals surface area contributed by atoms with Crippen molar-refractivity contribution in [2.24, 2.45) is 0 Å². The van der Waals surface area contributed by atoms with Gasteiger partial charge in [-0.2, -0.15) is 0 Å². The highest BCUT2D eigenvalue weighted by Gasteiger charge is 2.16. The molecule has 182 valence electrons. The number of aryl methyl sites for hydroxylation is 1. The van der Waals surface area contributed by atoms with Gasteiger partial charge in [0.25, 0.3) is 5.56 Å². The van der Waals surface area contributed by atoms with Gasteiger partial charge < -0.3 is 20.2 Å². The Labute approximate surface area is 199 Å². The van der Waals surface area contributed by atoms with E-state index in [1.807, 2.05) is 52.0 Å². The van der Waals surface area contributed by atoms with Gasteiger partial charge in [-0.25, -0.2) is 14.8 Å². The zero-order chi connectivity index (χ0) is 24.7. The van der Waals surface area contributed by atoms with Gasteiger partial charge in [-0.1, -0.05) is 37.6 Å². The number of hydrogen-bond donors (Lipinski definition) is 2. The molecule has 0 fully saturated rings. The molecule has 2 heterocycles. The molecule has 0 aliphatic carbocycles. The van der Waals surface area contributed by atoms with E-state index < -0.39 is 11.7 Å². The molecule has 0 radical (unpaired) electrons. The Hall–Kier alpha value is -3.62. The molecule has 0 atom stereocenters. The van der Waals surface area contributed by atoms with Crippen molar-refractivity contribution in [1.29, 1.82) is 0 Å². The number of nitrogens with zero attached hydrogens (tertiary/aromatic N) is 3. The van der Waals surface area contributed by atoms with Gasteiger partial charge in [0.05, 0.1) is 16.8 Å². The Morgan fingerprint density at radius 1 is 1.09 bits per heavy atom. The van der Waals surface area contributed by atoms with E-state index in [0.29, 0.717) is 31.0 Å². The molecule has 9 nitrogen and oxygen atoms in total. The molecule has 1 aromatic carbocycles. The molecule has 9 heteroatoms. The molecule has 0 unspecified atom stereocenters. The van der Waals surface area contributed by atoms with E-state index in [1.54, 1.807) is 0 Å². The maximum absolute atomic E-state index is 12.7. The number of rotatable bonds is 9. The van der Waals surface area contributed by atoms with Crippen molar-refractivity contribution < 1.29 is 14.4 Å². The van der Waals surface area contributed by atoms with Gasteiger partial charge in [0.1, 0.15) is 18.5 Å². The van der Waals surface area contributed by atoms with Gasteiger partial charge in [0.15, 0.2) is 5.65 Å². The first kappa shape index (κ1) is 25.0. The number of amides is 1. The first-order valence-corrected chi connectivity index (χ1v) is 11.5. The van der Waals surface area contributed by atoms with Crippen LogP contribution in [0.25, 0.3) is 11.0 Å². The van der Waals surface area contributed by atoms with Crippen molar-refractivity contribution >= 4 is 22.8 Å². The topological polar surface area (TPSA) is 107 Å². The summed E-state index contributed by atoms with van der Waals surface area (Å²) in [6.07, 6.45) is 2.80. The largest absolute Gasteiger partial charge is 0.444 e. The first-order chi connectivity index (χ1) is 16.2. The molecule has 34 heavy (non-hydrogen) atoms. The van der Waals surface area contributed by atoms with Crippen LogP contribution in [0.2, 0.25) is 0 Å². The van der Waals surface area contributed by atoms with Crippen LogP contribution in [0, 0.1) is 6.92 Å². The third-order valence-corrected chi connectivity index (χ3v) is 5.01. The minimum Gasteiger partial charge on any atom is -0.444 e. The van der Waals surface area contributed by atoms with Crippen molar-refractivity contribution in [3.05, 3.63) is 63.8 Å². The normalized spacial score (nSPS) is 11.3. The Bertz CT molecular complexity index is 1180. The number of fused-ring (bicyclic) bond motifs is 1. The number of nitrogens with one attached hydrogen (secondary N) is 2. The monoisotopic (exact) mass is 467 g/mol. The molecule has 0 spiro atoms. The number of unbranched alkanes of at least 4 members (excludes halogenated alkanes) is 1. The summed E-state index contributed by atoms with van der Waals surface area (Å²) in [5.41, 5.74) is 3.02. The van der Waals surface area contributed by atoms with E-state index in [9.17, 15) is 9.59 Å². The molecular weight excluding hydrogens is 434 g/mol. The number of pyridine rings is 1. The lowest BCUT2D eigenvalue weighted by Gasteiger charge is -2.19. The maximum atomic E-state index is 12.7. The molecule has 1 amide bonds. The fourth-order valence-corrected chi connectivity index (χ4v) is 3.31. The third-order valence-electron chi connectivity index (χ3n) is 5.01. The molecule has 0 aliphatic rings. The van der Waals surface area contributed by atoms with Gasteiger partial charge in [-0.15, -0.1) is 4.73 Å². The lowest BCUT2D eigenvalue weighted by molar-refractivity contribution is 0.0523. The SMILES string of the molecule is CCCCOn1c(=O)cc(NCc2ccc(CNC(=O)OC(C)(C)C)cc2)c2c(C)ncnc21. The van der Waals surface area contributed by atoms with Crippen LogP contribution in [0.5, 0.6) is 0 Å². The molecule has 0 bridgehead atoms. The summed E-state index contributed by atoms with van der Waals surface area (Å²) in [7, 11) is 0. The Morgan fingerprint density at radius 2 is 1.76 bits per heavy atom. The predicted octanol–water partition coefficient (Wildman–Crippen LogP) is 3.97. The van der Waals surface area contributed by atoms with Gasteiger partial charge in [0, 0.05) is 19.2 Å². The van der Waals surface area contributed by atoms with Gasteiger partial charge in [-0.05, 0) is 45.2 Å². The molecule has 2 N–H and O–H groups in total. The van der Waals surface area contributed by atoms with Crippen LogP contribution < -0.4 is 21.0 Å². The van der Waals surface area contributed by atoms with Crippen LogP contribution in [0.3, 0.4) is 0 Å². The number of benzene rings is 1. The molecule has 2 aromatic heterocycles. The van der Waals surface area contributed by atoms with E-state index in [1.165, 1.54) is 17.1 Å². The van der Waals surface area contributed by atoms with Crippen molar-refractivity contribution in [1.82, 2.24) is 20.0 Å². The summed E-state index contributed by atoms with van der Waals surface area (Å²) in [4.78, 5) is 38.8. The number of alkyl carbamates (subject to hydrolysis) is 1. The van der Waals surface area contributed by atoms with Crippen molar-refractivity contribution in [3.63, 3.8) is 0 Å². The number of carbonyl (C=O) groups is 1. The highest BCUT2D eigenvalue weighted by atomic mass is 16.7. The highest BCUT2D eigenvalue weighted by Crippen LogP contribution is 2.22. The van der Waals surface area contributed by atoms with Crippen LogP contribution in [-0.2, 0) is 17.8 Å². The van der Waals surface area contributed by atoms with E-state index in [2.05, 4.69) is 27.5 Å². The van der Waals surface area contributed by atoms with Gasteiger partial charge >= 0.3 is 6.09 Å². The molecule has 3 rings (SSSR count). The number of aromatic nitrogens is 3. The van der Waals surface area contributed by atoms with Crippen molar-refractivity contribution in [2.75, 3.05) is 11.9 Å². The summed E-state index contributed by atoms with van der Waals surface area (Å²) < 4.78 is 6.50. The number of anilines is 1.